The number of terminal acetylenes is 1. The number of nitrogens with two attached hydrogens (primary N) is 1. The van der Waals surface area contributed by atoms with E-state index in [1.807, 2.05) is 0 Å². The fourth-order valence-corrected chi connectivity index (χ4v) is 3.27. The van der Waals surface area contributed by atoms with E-state index in [1.165, 1.54) is 4.31 Å². The van der Waals surface area contributed by atoms with Crippen molar-refractivity contribution in [3.63, 3.8) is 0 Å². The number of nitrogens with zero attached hydrogens (tertiary/aromatic N) is 1. The average molecular weight is 260 g/mol. The summed E-state index contributed by atoms with van der Waals surface area (Å²) < 4.78 is 30.4. The number of sulfonamides is 1. The van der Waals surface area contributed by atoms with Gasteiger partial charge in [-0.15, -0.1) is 6.42 Å². The summed E-state index contributed by atoms with van der Waals surface area (Å²) in [5.41, 5.74) is 5.73. The summed E-state index contributed by atoms with van der Waals surface area (Å²) >= 11 is 0. The third-order valence-electron chi connectivity index (χ3n) is 2.77. The van der Waals surface area contributed by atoms with Gasteiger partial charge in [-0.25, -0.2) is 12.7 Å². The van der Waals surface area contributed by atoms with Crippen LogP contribution in [0, 0.1) is 12.3 Å². The van der Waals surface area contributed by atoms with Gasteiger partial charge >= 0.3 is 0 Å². The van der Waals surface area contributed by atoms with Crippen molar-refractivity contribution in [3.8, 4) is 12.3 Å². The van der Waals surface area contributed by atoms with Crippen molar-refractivity contribution in [2.75, 3.05) is 32.1 Å². The first-order chi connectivity index (χ1) is 8.06. The molecule has 0 bridgehead atoms. The fraction of sp³-hybridized carbons (Fsp3) is 0.818. The molecule has 0 aromatic rings. The van der Waals surface area contributed by atoms with E-state index in [2.05, 4.69) is 5.92 Å². The molecule has 1 saturated heterocycles. The van der Waals surface area contributed by atoms with E-state index in [1.54, 1.807) is 0 Å². The predicted molar refractivity (Wildman–Crippen MR) is 66.8 cm³/mol. The Kier molecular flexibility index (Phi) is 5.92. The molecule has 5 nitrogen and oxygen atoms in total. The van der Waals surface area contributed by atoms with Crippen molar-refractivity contribution in [3.05, 3.63) is 0 Å². The van der Waals surface area contributed by atoms with Crippen LogP contribution in [0.3, 0.4) is 0 Å². The lowest BCUT2D eigenvalue weighted by atomic mass is 10.1. The molecular formula is C11H20N2O3S. The Hall–Kier alpha value is -0.610. The third-order valence-corrected chi connectivity index (χ3v) is 4.72. The van der Waals surface area contributed by atoms with Gasteiger partial charge in [-0.05, 0) is 19.3 Å². The summed E-state index contributed by atoms with van der Waals surface area (Å²) in [5.74, 6) is 2.46. The van der Waals surface area contributed by atoms with Crippen LogP contribution >= 0.6 is 0 Å². The maximum absolute atomic E-state index is 11.9. The summed E-state index contributed by atoms with van der Waals surface area (Å²) in [5, 5.41) is 0. The highest BCUT2D eigenvalue weighted by atomic mass is 32.2. The largest absolute Gasteiger partial charge is 0.369 e. The molecule has 1 aliphatic rings. The quantitative estimate of drug-likeness (QED) is 0.529. The molecule has 0 saturated carbocycles. The van der Waals surface area contributed by atoms with Gasteiger partial charge in [0.05, 0.1) is 5.75 Å². The molecule has 0 atom stereocenters. The van der Waals surface area contributed by atoms with Gasteiger partial charge in [0.2, 0.25) is 10.0 Å². The minimum absolute atomic E-state index is 0.118. The standard InChI is InChI=1S/C11H20N2O3S/c1-2-8-16-9-3-10-17(14,15)13-6-4-11(12)5-7-13/h1,11H,3-10,12H2. The molecule has 0 radical (unpaired) electrons. The van der Waals surface area contributed by atoms with Crippen molar-refractivity contribution in [1.29, 1.82) is 0 Å². The first kappa shape index (κ1) is 14.5. The molecule has 1 rings (SSSR count). The van der Waals surface area contributed by atoms with E-state index in [4.69, 9.17) is 16.9 Å². The molecule has 0 aromatic carbocycles. The van der Waals surface area contributed by atoms with Crippen LogP contribution < -0.4 is 5.73 Å². The zero-order valence-electron chi connectivity index (χ0n) is 9.97. The number of ether oxygens (including phenoxy) is 1. The van der Waals surface area contributed by atoms with E-state index < -0.39 is 10.0 Å². The maximum Gasteiger partial charge on any atom is 0.214 e. The van der Waals surface area contributed by atoms with Gasteiger partial charge in [0.25, 0.3) is 0 Å². The van der Waals surface area contributed by atoms with E-state index in [9.17, 15) is 8.42 Å². The molecule has 0 aromatic heterocycles. The Labute approximate surface area is 103 Å². The normalized spacial score (nSPS) is 19.1. The zero-order chi connectivity index (χ0) is 12.7. The minimum atomic E-state index is -3.15. The van der Waals surface area contributed by atoms with Gasteiger partial charge in [-0.1, -0.05) is 5.92 Å². The molecular weight excluding hydrogens is 240 g/mol. The van der Waals surface area contributed by atoms with Gasteiger partial charge in [0.1, 0.15) is 6.61 Å². The monoisotopic (exact) mass is 260 g/mol. The van der Waals surface area contributed by atoms with Crippen LogP contribution in [-0.2, 0) is 14.8 Å². The molecule has 1 heterocycles. The Balaban J connectivity index is 2.28. The van der Waals surface area contributed by atoms with Gasteiger partial charge in [0.15, 0.2) is 0 Å². The highest BCUT2D eigenvalue weighted by Gasteiger charge is 2.25. The molecule has 17 heavy (non-hydrogen) atoms. The molecule has 0 aliphatic carbocycles. The summed E-state index contributed by atoms with van der Waals surface area (Å²) in [6.07, 6.45) is 6.98. The van der Waals surface area contributed by atoms with Crippen LogP contribution in [0.2, 0.25) is 0 Å². The third kappa shape index (κ3) is 5.04. The molecule has 0 spiro atoms. The Morgan fingerprint density at radius 3 is 2.65 bits per heavy atom. The average Bonchev–Trinajstić information content (AvgIpc) is 2.29. The number of hydrogen-bond acceptors (Lipinski definition) is 4. The van der Waals surface area contributed by atoms with Gasteiger partial charge < -0.3 is 10.5 Å². The molecule has 1 fully saturated rings. The van der Waals surface area contributed by atoms with Crippen LogP contribution in [0.25, 0.3) is 0 Å². The maximum atomic E-state index is 11.9. The number of hydrogen-bond donors (Lipinski definition) is 1. The lowest BCUT2D eigenvalue weighted by Gasteiger charge is -2.29. The minimum Gasteiger partial charge on any atom is -0.369 e. The van der Waals surface area contributed by atoms with Crippen molar-refractivity contribution in [1.82, 2.24) is 4.31 Å². The first-order valence-corrected chi connectivity index (χ1v) is 7.42. The van der Waals surface area contributed by atoms with E-state index >= 15 is 0 Å². The highest BCUT2D eigenvalue weighted by Crippen LogP contribution is 2.13. The SMILES string of the molecule is C#CCOCCCS(=O)(=O)N1CCC(N)CC1. The topological polar surface area (TPSA) is 72.6 Å². The Morgan fingerprint density at radius 1 is 1.41 bits per heavy atom. The van der Waals surface area contributed by atoms with Crippen LogP contribution in [0.4, 0.5) is 0 Å². The van der Waals surface area contributed by atoms with Crippen LogP contribution in [0.5, 0.6) is 0 Å². The Bertz CT molecular complexity index is 353. The van der Waals surface area contributed by atoms with E-state index in [-0.39, 0.29) is 18.4 Å². The highest BCUT2D eigenvalue weighted by molar-refractivity contribution is 7.89. The van der Waals surface area contributed by atoms with Crippen molar-refractivity contribution >= 4 is 10.0 Å². The smallest absolute Gasteiger partial charge is 0.214 e. The second kappa shape index (κ2) is 6.97. The van der Waals surface area contributed by atoms with Crippen LogP contribution in [0.1, 0.15) is 19.3 Å². The summed E-state index contributed by atoms with van der Waals surface area (Å²) in [6.45, 7) is 1.69. The van der Waals surface area contributed by atoms with E-state index in [0.29, 0.717) is 26.1 Å². The van der Waals surface area contributed by atoms with E-state index in [0.717, 1.165) is 12.8 Å². The molecule has 98 valence electrons. The van der Waals surface area contributed by atoms with Gasteiger partial charge in [-0.2, -0.15) is 0 Å². The zero-order valence-corrected chi connectivity index (χ0v) is 10.8. The van der Waals surface area contributed by atoms with Crippen LogP contribution in [-0.4, -0.2) is 50.8 Å². The fourth-order valence-electron chi connectivity index (χ4n) is 1.76. The molecule has 6 heteroatoms. The second-order valence-electron chi connectivity index (χ2n) is 4.16. The van der Waals surface area contributed by atoms with Crippen molar-refractivity contribution < 1.29 is 13.2 Å². The molecule has 0 amide bonds. The van der Waals surface area contributed by atoms with Crippen molar-refractivity contribution in [2.24, 2.45) is 5.73 Å². The van der Waals surface area contributed by atoms with Crippen molar-refractivity contribution in [2.45, 2.75) is 25.3 Å². The first-order valence-electron chi connectivity index (χ1n) is 5.81. The predicted octanol–water partition coefficient (Wildman–Crippen LogP) is -0.221. The lowest BCUT2D eigenvalue weighted by molar-refractivity contribution is 0.168. The molecule has 1 aliphatic heterocycles. The summed E-state index contributed by atoms with van der Waals surface area (Å²) in [7, 11) is -3.15. The Morgan fingerprint density at radius 2 is 2.06 bits per heavy atom. The van der Waals surface area contributed by atoms with Crippen LogP contribution in [0.15, 0.2) is 0 Å². The van der Waals surface area contributed by atoms with Gasteiger partial charge in [0, 0.05) is 25.7 Å². The lowest BCUT2D eigenvalue weighted by Crippen LogP contribution is -2.43. The summed E-state index contributed by atoms with van der Waals surface area (Å²) in [6, 6.07) is 0.139. The van der Waals surface area contributed by atoms with Gasteiger partial charge in [-0.3, -0.25) is 0 Å². The second-order valence-corrected chi connectivity index (χ2v) is 6.25. The molecule has 0 unspecified atom stereocenters. The number of piperidine rings is 1. The molecule has 2 N–H and O–H groups in total. The number of rotatable bonds is 6. The summed E-state index contributed by atoms with van der Waals surface area (Å²) in [4.78, 5) is 0.